The van der Waals surface area contributed by atoms with Gasteiger partial charge in [0.1, 0.15) is 17.5 Å². The highest BCUT2D eigenvalue weighted by Crippen LogP contribution is 2.37. The van der Waals surface area contributed by atoms with Gasteiger partial charge < -0.3 is 25.7 Å². The molecule has 39 heavy (non-hydrogen) atoms. The maximum atomic E-state index is 12.0. The number of nitrogens with two attached hydrogens (primary N) is 2. The van der Waals surface area contributed by atoms with Crippen LogP contribution in [0.15, 0.2) is 42.5 Å². The number of carboxylic acids is 1. The van der Waals surface area contributed by atoms with Crippen molar-refractivity contribution in [3.8, 4) is 11.6 Å². The van der Waals surface area contributed by atoms with Crippen molar-refractivity contribution in [3.05, 3.63) is 76.0 Å². The zero-order chi connectivity index (χ0) is 28.4. The molecule has 3 aromatic rings. The molecule has 4 rings (SSSR count). The van der Waals surface area contributed by atoms with Gasteiger partial charge in [0.2, 0.25) is 5.88 Å². The first-order valence-electron chi connectivity index (χ1n) is 13.2. The van der Waals surface area contributed by atoms with Crippen molar-refractivity contribution in [1.29, 1.82) is 0 Å². The Bertz CT molecular complexity index is 1360. The number of hydrogen-bond acceptors (Lipinski definition) is 8. The second-order valence-corrected chi connectivity index (χ2v) is 10.8. The van der Waals surface area contributed by atoms with Crippen LogP contribution in [0.4, 0.5) is 11.4 Å². The fourth-order valence-electron chi connectivity index (χ4n) is 5.21. The van der Waals surface area contributed by atoms with E-state index in [1.165, 1.54) is 5.01 Å². The molecule has 208 valence electrons. The molecule has 2 atom stereocenters. The molecule has 1 aromatic heterocycles. The zero-order valence-electron chi connectivity index (χ0n) is 23.3. The monoisotopic (exact) mass is 533 g/mol. The second kappa shape index (κ2) is 11.5. The molecule has 1 unspecified atom stereocenters. The van der Waals surface area contributed by atoms with Gasteiger partial charge in [-0.25, -0.2) is 10.8 Å². The lowest BCUT2D eigenvalue weighted by molar-refractivity contribution is -0.137. The highest BCUT2D eigenvalue weighted by molar-refractivity contribution is 5.74. The summed E-state index contributed by atoms with van der Waals surface area (Å²) in [7, 11) is 1.72. The molecule has 1 aliphatic heterocycles. The molecule has 0 saturated heterocycles. The Kier molecular flexibility index (Phi) is 8.32. The van der Waals surface area contributed by atoms with Crippen molar-refractivity contribution in [3.63, 3.8) is 0 Å². The van der Waals surface area contributed by atoms with E-state index in [0.29, 0.717) is 42.5 Å². The number of benzene rings is 2. The first-order chi connectivity index (χ1) is 18.4. The number of ether oxygens (including phenoxy) is 1. The number of aromatic hydroxyl groups is 1. The van der Waals surface area contributed by atoms with Crippen LogP contribution in [0.3, 0.4) is 0 Å². The van der Waals surface area contributed by atoms with E-state index in [0.717, 1.165) is 27.8 Å². The van der Waals surface area contributed by atoms with E-state index in [-0.39, 0.29) is 30.2 Å². The molecular weight excluding hydrogens is 494 g/mol. The van der Waals surface area contributed by atoms with E-state index < -0.39 is 5.97 Å². The van der Waals surface area contributed by atoms with Crippen LogP contribution in [0.25, 0.3) is 0 Å². The summed E-state index contributed by atoms with van der Waals surface area (Å²) >= 11 is 0. The van der Waals surface area contributed by atoms with Gasteiger partial charge in [0, 0.05) is 38.7 Å². The second-order valence-electron chi connectivity index (χ2n) is 10.8. The predicted octanol–water partition coefficient (Wildman–Crippen LogP) is 4.32. The molecule has 0 spiro atoms. The summed E-state index contributed by atoms with van der Waals surface area (Å²) in [6.07, 6.45) is -0.102. The van der Waals surface area contributed by atoms with Gasteiger partial charge in [0.05, 0.1) is 17.8 Å². The van der Waals surface area contributed by atoms with Crippen molar-refractivity contribution in [2.45, 2.75) is 59.2 Å². The van der Waals surface area contributed by atoms with Crippen LogP contribution in [0, 0.1) is 19.8 Å². The highest BCUT2D eigenvalue weighted by Gasteiger charge is 2.28. The summed E-state index contributed by atoms with van der Waals surface area (Å²) in [5.74, 6) is 5.62. The number of anilines is 2. The molecule has 2 heterocycles. The van der Waals surface area contributed by atoms with Gasteiger partial charge in [-0.2, -0.15) is 0 Å². The summed E-state index contributed by atoms with van der Waals surface area (Å²) in [6.45, 7) is 10.1. The average molecular weight is 534 g/mol. The third-order valence-corrected chi connectivity index (χ3v) is 7.59. The van der Waals surface area contributed by atoms with Gasteiger partial charge in [-0.15, -0.1) is 0 Å². The molecule has 2 aromatic carbocycles. The third-order valence-electron chi connectivity index (χ3n) is 7.59. The fourth-order valence-corrected chi connectivity index (χ4v) is 5.21. The minimum absolute atomic E-state index is 0.0310. The van der Waals surface area contributed by atoms with E-state index in [1.54, 1.807) is 19.2 Å². The summed E-state index contributed by atoms with van der Waals surface area (Å²) in [5.41, 5.74) is 13.1. The van der Waals surface area contributed by atoms with E-state index in [2.05, 4.69) is 36.7 Å². The number of carbonyl (C=O) groups is 1. The minimum atomic E-state index is -0.882. The van der Waals surface area contributed by atoms with Gasteiger partial charge in [0.25, 0.3) is 0 Å². The number of nitrogen functional groups attached to an aromatic ring is 1. The fraction of sp³-hybridized carbons (Fsp3) is 0.400. The molecule has 9 heteroatoms. The van der Waals surface area contributed by atoms with Crippen molar-refractivity contribution in [1.82, 2.24) is 9.88 Å². The summed E-state index contributed by atoms with van der Waals surface area (Å²) < 4.78 is 6.28. The van der Waals surface area contributed by atoms with Crippen LogP contribution in [0.5, 0.6) is 11.6 Å². The predicted molar refractivity (Wildman–Crippen MR) is 153 cm³/mol. The van der Waals surface area contributed by atoms with Crippen LogP contribution >= 0.6 is 0 Å². The molecule has 0 radical (unpaired) electrons. The number of aromatic nitrogens is 1. The highest BCUT2D eigenvalue weighted by atomic mass is 16.5. The van der Waals surface area contributed by atoms with Crippen LogP contribution in [-0.4, -0.2) is 45.8 Å². The van der Waals surface area contributed by atoms with Crippen LogP contribution in [0.2, 0.25) is 0 Å². The van der Waals surface area contributed by atoms with Crippen molar-refractivity contribution >= 4 is 17.3 Å². The lowest BCUT2D eigenvalue weighted by Crippen LogP contribution is -2.36. The number of carboxylic acid groups (broad SMARTS) is 1. The van der Waals surface area contributed by atoms with Gasteiger partial charge in [-0.3, -0.25) is 9.69 Å². The number of aliphatic carboxylic acids is 1. The van der Waals surface area contributed by atoms with Gasteiger partial charge >= 0.3 is 5.97 Å². The van der Waals surface area contributed by atoms with Gasteiger partial charge in [0.15, 0.2) is 0 Å². The van der Waals surface area contributed by atoms with Gasteiger partial charge in [-0.05, 0) is 59.7 Å². The number of aryl methyl sites for hydroxylation is 1. The number of rotatable bonds is 8. The Labute approximate surface area is 230 Å². The summed E-state index contributed by atoms with van der Waals surface area (Å²) in [6, 6.07) is 13.2. The maximum Gasteiger partial charge on any atom is 0.304 e. The number of nitrogens with zero attached hydrogens (tertiary/aromatic N) is 3. The van der Waals surface area contributed by atoms with Crippen molar-refractivity contribution in [2.75, 3.05) is 24.3 Å². The first kappa shape index (κ1) is 28.2. The number of hydrogen-bond donors (Lipinski definition) is 4. The normalized spacial score (nSPS) is 16.3. The molecule has 9 nitrogen and oxygen atoms in total. The molecule has 0 fully saturated rings. The molecule has 6 N–H and O–H groups in total. The number of pyridine rings is 1. The topological polar surface area (TPSA) is 138 Å². The van der Waals surface area contributed by atoms with E-state index in [9.17, 15) is 15.0 Å². The molecule has 1 aliphatic rings. The van der Waals surface area contributed by atoms with Crippen LogP contribution < -0.4 is 21.3 Å². The zero-order valence-corrected chi connectivity index (χ0v) is 23.3. The third kappa shape index (κ3) is 6.26. The smallest absolute Gasteiger partial charge is 0.304 e. The quantitative estimate of drug-likeness (QED) is 0.189. The average Bonchev–Trinajstić information content (AvgIpc) is 3.04. The van der Waals surface area contributed by atoms with Crippen LogP contribution in [0.1, 0.15) is 59.7 Å². The summed E-state index contributed by atoms with van der Waals surface area (Å²) in [4.78, 5) is 18.6. The standard InChI is InChI=1S/C30H39N5O4/c1-17(2)27-16-35(15-24-26(39-27)10-11-28(36)33-24)14-21-12-20(7-6-18(21)3)23(13-29(37)38)22-8-9-25(34(5)32)30(31)19(22)4/h6-12,17,23,27H,13-16,31-32H2,1-5H3,(H,33,36)(H,37,38)/t23-,27?/m1/s1. The van der Waals surface area contributed by atoms with Crippen molar-refractivity contribution < 1.29 is 19.7 Å². The number of hydrazine groups is 1. The Morgan fingerprint density at radius 1 is 1.21 bits per heavy atom. The van der Waals surface area contributed by atoms with E-state index in [1.807, 2.05) is 31.2 Å². The summed E-state index contributed by atoms with van der Waals surface area (Å²) in [5, 5.41) is 21.3. The van der Waals surface area contributed by atoms with E-state index in [4.69, 9.17) is 16.3 Å². The SMILES string of the molecule is Cc1ccc([C@@H](CC(=O)O)c2ccc(N(C)N)c(N)c2C)cc1CN1Cc2nc(O)ccc2OC(C(C)C)C1. The van der Waals surface area contributed by atoms with Gasteiger partial charge in [-0.1, -0.05) is 38.1 Å². The van der Waals surface area contributed by atoms with Crippen molar-refractivity contribution in [2.24, 2.45) is 11.8 Å². The Morgan fingerprint density at radius 3 is 2.62 bits per heavy atom. The maximum absolute atomic E-state index is 12.0. The van der Waals surface area contributed by atoms with E-state index >= 15 is 0 Å². The largest absolute Gasteiger partial charge is 0.493 e. The number of fused-ring (bicyclic) bond motifs is 1. The molecule has 0 bridgehead atoms. The Morgan fingerprint density at radius 2 is 1.95 bits per heavy atom. The lowest BCUT2D eigenvalue weighted by atomic mass is 9.84. The lowest BCUT2D eigenvalue weighted by Gasteiger charge is -2.27. The Balaban J connectivity index is 1.70. The Hall–Kier alpha value is -3.82. The molecular formula is C30H39N5O4. The minimum Gasteiger partial charge on any atom is -0.493 e. The molecule has 0 aliphatic carbocycles. The molecule has 0 amide bonds. The first-order valence-corrected chi connectivity index (χ1v) is 13.2. The molecule has 0 saturated carbocycles. The van der Waals surface area contributed by atoms with Crippen LogP contribution in [-0.2, 0) is 17.9 Å².